The number of aliphatic hydroxyl groups is 1. The van der Waals surface area contributed by atoms with E-state index >= 15 is 4.39 Å². The second-order valence-electron chi connectivity index (χ2n) is 7.96. The summed E-state index contributed by atoms with van der Waals surface area (Å²) in [5.74, 6) is -0.893. The molecule has 0 unspecified atom stereocenters. The zero-order chi connectivity index (χ0) is 22.4. The van der Waals surface area contributed by atoms with Crippen molar-refractivity contribution < 1.29 is 28.2 Å². The van der Waals surface area contributed by atoms with Gasteiger partial charge in [0.25, 0.3) is 0 Å². The van der Waals surface area contributed by atoms with Gasteiger partial charge in [-0.25, -0.2) is 8.78 Å². The highest BCUT2D eigenvalue weighted by Gasteiger charge is 2.43. The number of methoxy groups -OCH3 is 1. The van der Waals surface area contributed by atoms with Gasteiger partial charge in [0.15, 0.2) is 0 Å². The Morgan fingerprint density at radius 1 is 1.26 bits per heavy atom. The van der Waals surface area contributed by atoms with Crippen LogP contribution in [-0.4, -0.2) is 55.9 Å². The van der Waals surface area contributed by atoms with Gasteiger partial charge in [0, 0.05) is 32.4 Å². The SMILES string of the molecule is COCCCC[C@](O)(c1cccc(F)c1-c1ccc(F)c(C)c1)[C@H]1CN(C=O)CCO1. The highest BCUT2D eigenvalue weighted by atomic mass is 19.1. The van der Waals surface area contributed by atoms with Crippen LogP contribution in [-0.2, 0) is 19.9 Å². The lowest BCUT2D eigenvalue weighted by Gasteiger charge is -2.42. The first-order chi connectivity index (χ1) is 14.9. The Morgan fingerprint density at radius 2 is 2.06 bits per heavy atom. The largest absolute Gasteiger partial charge is 0.385 e. The molecule has 0 aliphatic carbocycles. The van der Waals surface area contributed by atoms with Crippen molar-refractivity contribution in [2.45, 2.75) is 37.9 Å². The van der Waals surface area contributed by atoms with Gasteiger partial charge in [-0.3, -0.25) is 4.79 Å². The second-order valence-corrected chi connectivity index (χ2v) is 7.96. The average Bonchev–Trinajstić information content (AvgIpc) is 2.78. The topological polar surface area (TPSA) is 59.0 Å². The zero-order valence-corrected chi connectivity index (χ0v) is 17.9. The number of amides is 1. The lowest BCUT2D eigenvalue weighted by atomic mass is 9.78. The summed E-state index contributed by atoms with van der Waals surface area (Å²) in [5, 5.41) is 12.0. The van der Waals surface area contributed by atoms with Gasteiger partial charge >= 0.3 is 0 Å². The van der Waals surface area contributed by atoms with Crippen molar-refractivity contribution in [3.05, 3.63) is 59.2 Å². The molecule has 1 amide bonds. The Morgan fingerprint density at radius 3 is 2.77 bits per heavy atom. The average molecular weight is 433 g/mol. The van der Waals surface area contributed by atoms with Gasteiger partial charge in [-0.1, -0.05) is 18.2 Å². The Balaban J connectivity index is 2.09. The maximum Gasteiger partial charge on any atom is 0.209 e. The van der Waals surface area contributed by atoms with Crippen LogP contribution in [0, 0.1) is 18.6 Å². The van der Waals surface area contributed by atoms with Crippen LogP contribution < -0.4 is 0 Å². The number of hydrogen-bond acceptors (Lipinski definition) is 4. The molecular formula is C24H29F2NO4. The number of carbonyl (C=O) groups is 1. The first-order valence-electron chi connectivity index (χ1n) is 10.5. The van der Waals surface area contributed by atoms with Gasteiger partial charge in [0.05, 0.1) is 6.61 Å². The van der Waals surface area contributed by atoms with Gasteiger partial charge in [0.1, 0.15) is 23.3 Å². The Labute approximate surface area is 181 Å². The number of carbonyl (C=O) groups excluding carboxylic acids is 1. The molecule has 5 nitrogen and oxygen atoms in total. The Hall–Kier alpha value is -2.35. The summed E-state index contributed by atoms with van der Waals surface area (Å²) in [7, 11) is 1.61. The standard InChI is InChI=1S/C24H29F2NO4/c1-17-14-18(8-9-20(17)25)23-19(6-5-7-21(23)26)24(29,10-3-4-12-30-2)22-15-27(16-28)11-13-31-22/h5-9,14,16,22,29H,3-4,10-13,15H2,1-2H3/t22-,24+/m1/s1. The molecule has 1 N–H and O–H groups in total. The van der Waals surface area contributed by atoms with Crippen LogP contribution in [0.4, 0.5) is 8.78 Å². The summed E-state index contributed by atoms with van der Waals surface area (Å²) < 4.78 is 40.0. The molecule has 2 aromatic rings. The number of ether oxygens (including phenoxy) is 2. The monoisotopic (exact) mass is 433 g/mol. The van der Waals surface area contributed by atoms with Crippen molar-refractivity contribution in [2.75, 3.05) is 33.4 Å². The van der Waals surface area contributed by atoms with Crippen LogP contribution in [0.3, 0.4) is 0 Å². The van der Waals surface area contributed by atoms with E-state index in [1.165, 1.54) is 18.2 Å². The highest BCUT2D eigenvalue weighted by Crippen LogP contribution is 2.41. The third-order valence-electron chi connectivity index (χ3n) is 5.86. The molecule has 3 rings (SSSR count). The summed E-state index contributed by atoms with van der Waals surface area (Å²) >= 11 is 0. The van der Waals surface area contributed by atoms with Crippen molar-refractivity contribution in [3.8, 4) is 11.1 Å². The molecule has 168 valence electrons. The normalized spacial score (nSPS) is 18.6. The van der Waals surface area contributed by atoms with Crippen molar-refractivity contribution in [1.29, 1.82) is 0 Å². The van der Waals surface area contributed by atoms with Crippen molar-refractivity contribution in [2.24, 2.45) is 0 Å². The molecule has 31 heavy (non-hydrogen) atoms. The lowest BCUT2D eigenvalue weighted by Crippen LogP contribution is -2.52. The molecule has 1 aliphatic rings. The van der Waals surface area contributed by atoms with E-state index in [-0.39, 0.29) is 24.5 Å². The van der Waals surface area contributed by atoms with Crippen LogP contribution in [0.1, 0.15) is 30.4 Å². The fourth-order valence-corrected chi connectivity index (χ4v) is 4.14. The number of halogens is 2. The second kappa shape index (κ2) is 10.3. The van der Waals surface area contributed by atoms with Crippen LogP contribution in [0.15, 0.2) is 36.4 Å². The predicted octanol–water partition coefficient (Wildman–Crippen LogP) is 3.80. The van der Waals surface area contributed by atoms with E-state index in [2.05, 4.69) is 0 Å². The highest BCUT2D eigenvalue weighted by molar-refractivity contribution is 5.70. The molecule has 2 aromatic carbocycles. The van der Waals surface area contributed by atoms with Crippen molar-refractivity contribution >= 4 is 6.41 Å². The summed E-state index contributed by atoms with van der Waals surface area (Å²) in [5.41, 5.74) is -0.100. The van der Waals surface area contributed by atoms with Crippen LogP contribution >= 0.6 is 0 Å². The third kappa shape index (κ3) is 5.11. The summed E-state index contributed by atoms with van der Waals surface area (Å²) in [6.45, 7) is 3.07. The predicted molar refractivity (Wildman–Crippen MR) is 114 cm³/mol. The third-order valence-corrected chi connectivity index (χ3v) is 5.86. The molecule has 1 fully saturated rings. The summed E-state index contributed by atoms with van der Waals surface area (Å²) in [6, 6.07) is 8.92. The van der Waals surface area contributed by atoms with E-state index in [0.29, 0.717) is 49.1 Å². The minimum atomic E-state index is -1.55. The fraction of sp³-hybridized carbons (Fsp3) is 0.458. The number of rotatable bonds is 9. The molecule has 0 spiro atoms. The van der Waals surface area contributed by atoms with Crippen molar-refractivity contribution in [1.82, 2.24) is 4.90 Å². The van der Waals surface area contributed by atoms with Gasteiger partial charge in [-0.05, 0) is 61.1 Å². The minimum absolute atomic E-state index is 0.197. The molecule has 0 saturated carbocycles. The smallest absolute Gasteiger partial charge is 0.209 e. The molecule has 1 heterocycles. The number of nitrogens with zero attached hydrogens (tertiary/aromatic N) is 1. The van der Waals surface area contributed by atoms with Gasteiger partial charge in [0.2, 0.25) is 6.41 Å². The van der Waals surface area contributed by atoms with E-state index in [1.54, 1.807) is 37.1 Å². The molecule has 2 atom stereocenters. The lowest BCUT2D eigenvalue weighted by molar-refractivity contribution is -0.158. The van der Waals surface area contributed by atoms with Gasteiger partial charge < -0.3 is 19.5 Å². The van der Waals surface area contributed by atoms with Crippen molar-refractivity contribution in [3.63, 3.8) is 0 Å². The van der Waals surface area contributed by atoms with Crippen LogP contribution in [0.5, 0.6) is 0 Å². The Bertz CT molecular complexity index is 907. The van der Waals surface area contributed by atoms with E-state index in [4.69, 9.17) is 9.47 Å². The summed E-state index contributed by atoms with van der Waals surface area (Å²) in [4.78, 5) is 12.9. The van der Waals surface area contributed by atoms with E-state index in [1.807, 2.05) is 0 Å². The molecule has 1 saturated heterocycles. The number of unbranched alkanes of at least 4 members (excludes halogenated alkanes) is 1. The minimum Gasteiger partial charge on any atom is -0.385 e. The molecule has 0 radical (unpaired) electrons. The molecule has 1 aliphatic heterocycles. The molecule has 7 heteroatoms. The summed E-state index contributed by atoms with van der Waals surface area (Å²) in [6.07, 6.45) is 1.63. The first kappa shape index (κ1) is 23.3. The number of hydrogen-bond donors (Lipinski definition) is 1. The first-order valence-corrected chi connectivity index (χ1v) is 10.5. The van der Waals surface area contributed by atoms with Gasteiger partial charge in [-0.15, -0.1) is 0 Å². The van der Waals surface area contributed by atoms with E-state index < -0.39 is 17.5 Å². The van der Waals surface area contributed by atoms with Crippen LogP contribution in [0.25, 0.3) is 11.1 Å². The molecule has 0 aromatic heterocycles. The van der Waals surface area contributed by atoms with E-state index in [9.17, 15) is 14.3 Å². The molecule has 0 bridgehead atoms. The zero-order valence-electron chi connectivity index (χ0n) is 17.9. The fourth-order valence-electron chi connectivity index (χ4n) is 4.14. The Kier molecular flexibility index (Phi) is 7.75. The van der Waals surface area contributed by atoms with Crippen LogP contribution in [0.2, 0.25) is 0 Å². The van der Waals surface area contributed by atoms with Gasteiger partial charge in [-0.2, -0.15) is 0 Å². The number of morpholine rings is 1. The van der Waals surface area contributed by atoms with E-state index in [0.717, 1.165) is 6.41 Å². The maximum absolute atomic E-state index is 15.1. The quantitative estimate of drug-likeness (QED) is 0.483. The number of aryl methyl sites for hydroxylation is 1. The maximum atomic E-state index is 15.1. The number of benzene rings is 2. The molecular weight excluding hydrogens is 404 g/mol.